The molecule has 1 saturated heterocycles. The Morgan fingerprint density at radius 1 is 0.636 bits per heavy atom. The lowest BCUT2D eigenvalue weighted by atomic mass is 9.78. The molecule has 1 heterocycles. The van der Waals surface area contributed by atoms with E-state index in [-0.39, 0.29) is 18.4 Å². The molecular formula is C30H52O3. The SMILES string of the molecule is CCCCCCCCCC=CCC1(CCC=CCCCCCCCCCC)CC(=O)OC1=O. The third kappa shape index (κ3) is 14.5. The van der Waals surface area contributed by atoms with Gasteiger partial charge in [0.25, 0.3) is 0 Å². The van der Waals surface area contributed by atoms with Crippen molar-refractivity contribution in [3.63, 3.8) is 0 Å². The Bertz CT molecular complexity index is 563. The monoisotopic (exact) mass is 460 g/mol. The summed E-state index contributed by atoms with van der Waals surface area (Å²) >= 11 is 0. The fourth-order valence-electron chi connectivity index (χ4n) is 4.68. The van der Waals surface area contributed by atoms with Crippen molar-refractivity contribution in [1.29, 1.82) is 0 Å². The van der Waals surface area contributed by atoms with Crippen LogP contribution in [-0.2, 0) is 14.3 Å². The molecule has 1 unspecified atom stereocenters. The second-order valence-corrected chi connectivity index (χ2v) is 10.1. The van der Waals surface area contributed by atoms with Crippen LogP contribution in [0.2, 0.25) is 0 Å². The third-order valence-electron chi connectivity index (χ3n) is 6.95. The minimum Gasteiger partial charge on any atom is -0.393 e. The highest BCUT2D eigenvalue weighted by Gasteiger charge is 2.47. The van der Waals surface area contributed by atoms with Gasteiger partial charge in [-0.3, -0.25) is 9.59 Å². The van der Waals surface area contributed by atoms with Crippen LogP contribution in [0.3, 0.4) is 0 Å². The number of carbonyl (C=O) groups excluding carboxylic acids is 2. The Hall–Kier alpha value is -1.38. The Balaban J connectivity index is 2.21. The van der Waals surface area contributed by atoms with E-state index >= 15 is 0 Å². The summed E-state index contributed by atoms with van der Waals surface area (Å²) in [4.78, 5) is 24.2. The zero-order chi connectivity index (χ0) is 24.0. The highest BCUT2D eigenvalue weighted by Crippen LogP contribution is 2.39. The zero-order valence-corrected chi connectivity index (χ0v) is 21.9. The molecule has 1 fully saturated rings. The number of rotatable bonds is 22. The van der Waals surface area contributed by atoms with E-state index in [1.807, 2.05) is 0 Å². The van der Waals surface area contributed by atoms with Crippen molar-refractivity contribution in [2.24, 2.45) is 5.41 Å². The molecule has 0 N–H and O–H groups in total. The summed E-state index contributed by atoms with van der Waals surface area (Å²) in [5.41, 5.74) is -0.642. The van der Waals surface area contributed by atoms with Crippen LogP contribution in [0.25, 0.3) is 0 Å². The lowest BCUT2D eigenvalue weighted by Gasteiger charge is -2.21. The molecule has 0 aromatic rings. The quantitative estimate of drug-likeness (QED) is 0.0699. The molecule has 0 aromatic heterocycles. The van der Waals surface area contributed by atoms with E-state index in [9.17, 15) is 9.59 Å². The second-order valence-electron chi connectivity index (χ2n) is 10.1. The molecule has 1 aliphatic rings. The minimum absolute atomic E-state index is 0.236. The van der Waals surface area contributed by atoms with Crippen LogP contribution in [0, 0.1) is 5.41 Å². The number of hydrogen-bond acceptors (Lipinski definition) is 3. The van der Waals surface area contributed by atoms with Crippen LogP contribution in [-0.4, -0.2) is 11.9 Å². The van der Waals surface area contributed by atoms with E-state index in [0.717, 1.165) is 19.3 Å². The molecule has 0 saturated carbocycles. The van der Waals surface area contributed by atoms with Gasteiger partial charge in [0.2, 0.25) is 0 Å². The largest absolute Gasteiger partial charge is 0.393 e. The number of cyclic esters (lactones) is 2. The normalized spacial score (nSPS) is 18.7. The number of ether oxygens (including phenoxy) is 1. The first-order chi connectivity index (χ1) is 16.1. The van der Waals surface area contributed by atoms with E-state index in [4.69, 9.17) is 4.74 Å². The van der Waals surface area contributed by atoms with Crippen LogP contribution in [0.4, 0.5) is 0 Å². The number of esters is 2. The maximum Gasteiger partial charge on any atom is 0.320 e. The lowest BCUT2D eigenvalue weighted by molar-refractivity contribution is -0.155. The van der Waals surface area contributed by atoms with E-state index in [1.165, 1.54) is 96.3 Å². The molecule has 1 rings (SSSR count). The van der Waals surface area contributed by atoms with Crippen LogP contribution < -0.4 is 0 Å². The van der Waals surface area contributed by atoms with Gasteiger partial charge in [0.15, 0.2) is 0 Å². The van der Waals surface area contributed by atoms with Gasteiger partial charge in [0.05, 0.1) is 11.8 Å². The highest BCUT2D eigenvalue weighted by atomic mass is 16.6. The van der Waals surface area contributed by atoms with Gasteiger partial charge >= 0.3 is 11.9 Å². The van der Waals surface area contributed by atoms with Gasteiger partial charge in [-0.2, -0.15) is 0 Å². The Labute approximate surface area is 204 Å². The summed E-state index contributed by atoms with van der Waals surface area (Å²) in [5.74, 6) is -0.673. The van der Waals surface area contributed by atoms with Crippen LogP contribution >= 0.6 is 0 Å². The lowest BCUT2D eigenvalue weighted by Crippen LogP contribution is -2.25. The summed E-state index contributed by atoms with van der Waals surface area (Å²) in [6, 6.07) is 0. The standard InChI is InChI=1S/C30H52O3/c1-3-5-7-9-11-13-15-16-18-20-22-24-26-30(27-28(31)33-29(30)32)25-23-21-19-17-14-12-10-8-6-4-2/h20-23H,3-19,24-27H2,1-2H3. The van der Waals surface area contributed by atoms with Crippen molar-refractivity contribution in [3.8, 4) is 0 Å². The molecule has 0 aromatic carbocycles. The Morgan fingerprint density at radius 3 is 1.58 bits per heavy atom. The molecule has 33 heavy (non-hydrogen) atoms. The molecule has 1 aliphatic heterocycles. The zero-order valence-electron chi connectivity index (χ0n) is 21.9. The van der Waals surface area contributed by atoms with E-state index < -0.39 is 5.41 Å². The highest BCUT2D eigenvalue weighted by molar-refractivity contribution is 5.97. The molecule has 0 spiro atoms. The van der Waals surface area contributed by atoms with Crippen molar-refractivity contribution in [2.75, 3.05) is 0 Å². The smallest absolute Gasteiger partial charge is 0.320 e. The van der Waals surface area contributed by atoms with Gasteiger partial charge in [-0.15, -0.1) is 0 Å². The van der Waals surface area contributed by atoms with Gasteiger partial charge in [-0.05, 0) is 44.9 Å². The van der Waals surface area contributed by atoms with Crippen LogP contribution in [0.15, 0.2) is 24.3 Å². The molecule has 0 radical (unpaired) electrons. The van der Waals surface area contributed by atoms with Crippen molar-refractivity contribution < 1.29 is 14.3 Å². The summed E-state index contributed by atoms with van der Waals surface area (Å²) < 4.78 is 4.94. The molecule has 1 atom stereocenters. The summed E-state index contributed by atoms with van der Waals surface area (Å²) in [7, 11) is 0. The van der Waals surface area contributed by atoms with Gasteiger partial charge in [-0.25, -0.2) is 0 Å². The Kier molecular flexibility index (Phi) is 18.0. The third-order valence-corrected chi connectivity index (χ3v) is 6.95. The maximum absolute atomic E-state index is 12.4. The molecule has 3 heteroatoms. The predicted octanol–water partition coefficient (Wildman–Crippen LogP) is 9.40. The van der Waals surface area contributed by atoms with Gasteiger partial charge in [0, 0.05) is 0 Å². The maximum atomic E-state index is 12.4. The topological polar surface area (TPSA) is 43.4 Å². The van der Waals surface area contributed by atoms with E-state index in [2.05, 4.69) is 38.2 Å². The van der Waals surface area contributed by atoms with E-state index in [0.29, 0.717) is 12.8 Å². The second kappa shape index (κ2) is 20.0. The van der Waals surface area contributed by atoms with Crippen LogP contribution in [0.1, 0.15) is 149 Å². The van der Waals surface area contributed by atoms with Crippen molar-refractivity contribution >= 4 is 11.9 Å². The minimum atomic E-state index is -0.642. The summed E-state index contributed by atoms with van der Waals surface area (Å²) in [6.45, 7) is 4.51. The average Bonchev–Trinajstić information content (AvgIpc) is 3.08. The molecule has 0 amide bonds. The van der Waals surface area contributed by atoms with Crippen LogP contribution in [0.5, 0.6) is 0 Å². The number of hydrogen-bond donors (Lipinski definition) is 0. The number of unbranched alkanes of at least 4 members (excludes halogenated alkanes) is 15. The predicted molar refractivity (Wildman–Crippen MR) is 140 cm³/mol. The van der Waals surface area contributed by atoms with Gasteiger partial charge in [-0.1, -0.05) is 122 Å². The molecule has 190 valence electrons. The van der Waals surface area contributed by atoms with Gasteiger partial charge < -0.3 is 4.74 Å². The van der Waals surface area contributed by atoms with Crippen molar-refractivity contribution in [3.05, 3.63) is 24.3 Å². The number of allylic oxidation sites excluding steroid dienone is 4. The van der Waals surface area contributed by atoms with Crippen molar-refractivity contribution in [1.82, 2.24) is 0 Å². The summed E-state index contributed by atoms with van der Waals surface area (Å²) in [6.07, 6.45) is 33.2. The fraction of sp³-hybridized carbons (Fsp3) is 0.800. The fourth-order valence-corrected chi connectivity index (χ4v) is 4.68. The molecular weight excluding hydrogens is 408 g/mol. The molecule has 0 aliphatic carbocycles. The number of carbonyl (C=O) groups is 2. The first-order valence-corrected chi connectivity index (χ1v) is 14.2. The molecule has 3 nitrogen and oxygen atoms in total. The Morgan fingerprint density at radius 2 is 1.09 bits per heavy atom. The average molecular weight is 461 g/mol. The van der Waals surface area contributed by atoms with Gasteiger partial charge in [0.1, 0.15) is 0 Å². The molecule has 0 bridgehead atoms. The van der Waals surface area contributed by atoms with E-state index in [1.54, 1.807) is 0 Å². The van der Waals surface area contributed by atoms with Crippen molar-refractivity contribution in [2.45, 2.75) is 149 Å². The first kappa shape index (κ1) is 29.7. The first-order valence-electron chi connectivity index (χ1n) is 14.2. The summed E-state index contributed by atoms with van der Waals surface area (Å²) in [5, 5.41) is 0.